The Hall–Kier alpha value is -4.10. The molecule has 190 valence electrons. The molecular formula is C30H33N5O2. The van der Waals surface area contributed by atoms with Crippen LogP contribution in [-0.4, -0.2) is 67.7 Å². The average Bonchev–Trinajstić information content (AvgIpc) is 3.54. The maximum absolute atomic E-state index is 12.5. The van der Waals surface area contributed by atoms with E-state index in [2.05, 4.69) is 75.9 Å². The molecule has 1 saturated heterocycles. The summed E-state index contributed by atoms with van der Waals surface area (Å²) < 4.78 is 5.77. The van der Waals surface area contributed by atoms with E-state index >= 15 is 0 Å². The van der Waals surface area contributed by atoms with Crippen LogP contribution >= 0.6 is 0 Å². The van der Waals surface area contributed by atoms with E-state index in [0.29, 0.717) is 6.54 Å². The molecule has 0 saturated carbocycles. The summed E-state index contributed by atoms with van der Waals surface area (Å²) >= 11 is 0. The van der Waals surface area contributed by atoms with Crippen LogP contribution in [0.4, 0.5) is 11.4 Å². The normalized spacial score (nSPS) is 15.7. The van der Waals surface area contributed by atoms with E-state index in [4.69, 9.17) is 4.74 Å². The van der Waals surface area contributed by atoms with E-state index < -0.39 is 0 Å². The molecule has 4 heterocycles. The number of H-pyrrole nitrogens is 1. The number of hydrogen-bond donors (Lipinski definition) is 1. The van der Waals surface area contributed by atoms with E-state index in [1.54, 1.807) is 18.2 Å². The van der Waals surface area contributed by atoms with Gasteiger partial charge in [0.25, 0.3) is 0 Å². The summed E-state index contributed by atoms with van der Waals surface area (Å²) in [5, 5.41) is 0.933. The molecule has 6 rings (SSSR count). The van der Waals surface area contributed by atoms with E-state index in [1.165, 1.54) is 17.3 Å². The molecule has 37 heavy (non-hydrogen) atoms. The van der Waals surface area contributed by atoms with Crippen molar-refractivity contribution in [3.05, 3.63) is 72.9 Å². The molecule has 7 nitrogen and oxygen atoms in total. The molecule has 7 heteroatoms. The molecule has 1 fully saturated rings. The quantitative estimate of drug-likeness (QED) is 0.396. The Labute approximate surface area is 218 Å². The highest BCUT2D eigenvalue weighted by molar-refractivity contribution is 6.07. The minimum atomic E-state index is -0.0752. The van der Waals surface area contributed by atoms with Crippen molar-refractivity contribution in [2.24, 2.45) is 0 Å². The number of pyridine rings is 1. The van der Waals surface area contributed by atoms with Crippen LogP contribution in [-0.2, 0) is 11.2 Å². The number of hydrogen-bond acceptors (Lipinski definition) is 5. The summed E-state index contributed by atoms with van der Waals surface area (Å²) in [5.41, 5.74) is 8.21. The Balaban J connectivity index is 0.00000294. The van der Waals surface area contributed by atoms with Gasteiger partial charge in [-0.1, -0.05) is 30.8 Å². The zero-order valence-electron chi connectivity index (χ0n) is 21.3. The molecule has 4 aromatic rings. The Bertz CT molecular complexity index is 1490. The first-order valence-corrected chi connectivity index (χ1v) is 12.7. The van der Waals surface area contributed by atoms with E-state index in [-0.39, 0.29) is 7.33 Å². The zero-order chi connectivity index (χ0) is 25.5. The Kier molecular flexibility index (Phi) is 5.93. The van der Waals surface area contributed by atoms with Crippen LogP contribution in [0.1, 0.15) is 6.99 Å². The van der Waals surface area contributed by atoms with Crippen LogP contribution in [0.25, 0.3) is 33.4 Å². The number of likely N-dealkylation sites (N-methyl/N-ethyl adjacent to an activating group) is 1. The number of fused-ring (bicyclic) bond motifs is 2. The molecule has 2 aromatic heterocycles. The number of anilines is 2. The van der Waals surface area contributed by atoms with Gasteiger partial charge in [0.05, 0.1) is 18.2 Å². The van der Waals surface area contributed by atoms with Gasteiger partial charge in [0, 0.05) is 57.3 Å². The first kappa shape index (κ1) is 23.3. The van der Waals surface area contributed by atoms with Crippen molar-refractivity contribution in [3.8, 4) is 28.1 Å². The number of benzene rings is 2. The second-order valence-electron chi connectivity index (χ2n) is 9.74. The van der Waals surface area contributed by atoms with Gasteiger partial charge in [-0.15, -0.1) is 0 Å². The highest BCUT2D eigenvalue weighted by atomic mass is 16.5. The number of carbonyl (C=O) groups excluding carboxylic acids is 1. The molecule has 0 radical (unpaired) electrons. The average molecular weight is 496 g/mol. The van der Waals surface area contributed by atoms with Crippen molar-refractivity contribution in [1.29, 1.82) is 0 Å². The van der Waals surface area contributed by atoms with Crippen molar-refractivity contribution < 1.29 is 11.0 Å². The maximum Gasteiger partial charge on any atom is 0.250 e. The number of aromatic amines is 1. The van der Waals surface area contributed by atoms with Gasteiger partial charge in [0.2, 0.25) is 5.91 Å². The summed E-state index contributed by atoms with van der Waals surface area (Å²) in [4.78, 5) is 27.3. The highest BCUT2D eigenvalue weighted by Crippen LogP contribution is 2.44. The standard InChI is InChI=1S/C30H31N5O2.H2/c1-4-26(36)35-14-12-20-5-6-22(19-24(20)35)27-28-25(37-3)11-13-31-30(28)32-29(27)21-7-9-23(10-8-21)34-17-15-33(2)16-18-34;/h4-11,13,19H,1,12,14-18H2,2-3H3,(H,31,32);1H. The van der Waals surface area contributed by atoms with Crippen LogP contribution in [0.15, 0.2) is 67.4 Å². The second-order valence-corrected chi connectivity index (χ2v) is 9.74. The molecule has 0 spiro atoms. The number of amides is 1. The molecule has 0 aliphatic carbocycles. The predicted molar refractivity (Wildman–Crippen MR) is 152 cm³/mol. The third-order valence-electron chi connectivity index (χ3n) is 7.61. The zero-order valence-corrected chi connectivity index (χ0v) is 21.3. The number of ether oxygens (including phenoxy) is 1. The second kappa shape index (κ2) is 9.41. The van der Waals surface area contributed by atoms with Crippen LogP contribution in [0.2, 0.25) is 0 Å². The summed E-state index contributed by atoms with van der Waals surface area (Å²) in [5.74, 6) is 0.685. The van der Waals surface area contributed by atoms with Crippen LogP contribution in [0.3, 0.4) is 0 Å². The van der Waals surface area contributed by atoms with Gasteiger partial charge in [0.1, 0.15) is 11.4 Å². The van der Waals surface area contributed by atoms with Crippen molar-refractivity contribution in [3.63, 3.8) is 0 Å². The van der Waals surface area contributed by atoms with Gasteiger partial charge < -0.3 is 24.4 Å². The Morgan fingerprint density at radius 3 is 2.54 bits per heavy atom. The number of carbonyl (C=O) groups is 1. The van der Waals surface area contributed by atoms with Crippen molar-refractivity contribution in [1.82, 2.24) is 14.9 Å². The molecule has 0 bridgehead atoms. The van der Waals surface area contributed by atoms with Gasteiger partial charge >= 0.3 is 0 Å². The van der Waals surface area contributed by atoms with E-state index in [1.807, 2.05) is 6.07 Å². The van der Waals surface area contributed by atoms with E-state index in [0.717, 1.165) is 77.5 Å². The number of piperazine rings is 1. The first-order valence-electron chi connectivity index (χ1n) is 12.7. The third-order valence-corrected chi connectivity index (χ3v) is 7.61. The molecule has 2 aliphatic heterocycles. The fraction of sp³-hybridized carbons (Fsp3) is 0.267. The smallest absolute Gasteiger partial charge is 0.250 e. The molecular weight excluding hydrogens is 462 g/mol. The predicted octanol–water partition coefficient (Wildman–Crippen LogP) is 4.98. The number of nitrogens with zero attached hydrogens (tertiary/aromatic N) is 4. The molecule has 2 aromatic carbocycles. The van der Waals surface area contributed by atoms with Gasteiger partial charge in [-0.2, -0.15) is 0 Å². The minimum Gasteiger partial charge on any atom is -0.496 e. The number of aromatic nitrogens is 2. The van der Waals surface area contributed by atoms with Gasteiger partial charge in [-0.3, -0.25) is 4.79 Å². The molecule has 0 atom stereocenters. The van der Waals surface area contributed by atoms with Gasteiger partial charge in [0.15, 0.2) is 0 Å². The third kappa shape index (κ3) is 4.05. The van der Waals surface area contributed by atoms with Crippen molar-refractivity contribution in [2.75, 3.05) is 56.7 Å². The summed E-state index contributed by atoms with van der Waals surface area (Å²) in [6.45, 7) is 8.56. The number of nitrogens with one attached hydrogen (secondary N) is 1. The molecule has 1 N–H and O–H groups in total. The van der Waals surface area contributed by atoms with Crippen molar-refractivity contribution >= 4 is 28.3 Å². The molecule has 0 unspecified atom stereocenters. The molecule has 2 aliphatic rings. The summed E-state index contributed by atoms with van der Waals surface area (Å²) in [6.07, 6.45) is 3.98. The first-order chi connectivity index (χ1) is 18.1. The van der Waals surface area contributed by atoms with Crippen LogP contribution < -0.4 is 14.5 Å². The number of methoxy groups -OCH3 is 1. The monoisotopic (exact) mass is 495 g/mol. The van der Waals surface area contributed by atoms with Gasteiger partial charge in [-0.25, -0.2) is 4.98 Å². The fourth-order valence-corrected chi connectivity index (χ4v) is 5.54. The maximum atomic E-state index is 12.5. The lowest BCUT2D eigenvalue weighted by Crippen LogP contribution is -2.44. The lowest BCUT2D eigenvalue weighted by Gasteiger charge is -2.34. The topological polar surface area (TPSA) is 64.7 Å². The Morgan fingerprint density at radius 2 is 1.81 bits per heavy atom. The van der Waals surface area contributed by atoms with Gasteiger partial charge in [-0.05, 0) is 60.5 Å². The number of rotatable bonds is 5. The Morgan fingerprint density at radius 1 is 1.05 bits per heavy atom. The SMILES string of the molecule is C=CC(=O)N1CCc2ccc(-c3c(-c4ccc(N5CCN(C)CC5)cc4)[nH]c4nccc(OC)c34)cc21.[HH]. The lowest BCUT2D eigenvalue weighted by molar-refractivity contribution is -0.114. The summed E-state index contributed by atoms with van der Waals surface area (Å²) in [6, 6.07) is 17.0. The highest BCUT2D eigenvalue weighted by Gasteiger charge is 2.26. The van der Waals surface area contributed by atoms with Crippen molar-refractivity contribution in [2.45, 2.75) is 6.42 Å². The largest absolute Gasteiger partial charge is 0.496 e. The lowest BCUT2D eigenvalue weighted by atomic mass is 9.96. The summed E-state index contributed by atoms with van der Waals surface area (Å²) in [7, 11) is 3.86. The molecule has 1 amide bonds. The van der Waals surface area contributed by atoms with E-state index in [9.17, 15) is 4.79 Å². The minimum absolute atomic E-state index is 0. The van der Waals surface area contributed by atoms with Crippen LogP contribution in [0, 0.1) is 0 Å². The van der Waals surface area contributed by atoms with Crippen LogP contribution in [0.5, 0.6) is 5.75 Å². The fourth-order valence-electron chi connectivity index (χ4n) is 5.54.